The summed E-state index contributed by atoms with van der Waals surface area (Å²) in [4.78, 5) is 0. The van der Waals surface area contributed by atoms with Crippen molar-refractivity contribution in [2.45, 2.75) is 18.6 Å². The van der Waals surface area contributed by atoms with Crippen molar-refractivity contribution in [1.82, 2.24) is 0 Å². The maximum atomic E-state index is 6.01. The van der Waals surface area contributed by atoms with Crippen LogP contribution < -0.4 is 4.74 Å². The van der Waals surface area contributed by atoms with Crippen LogP contribution in [0.1, 0.15) is 6.42 Å². The third kappa shape index (κ3) is 3.06. The van der Waals surface area contributed by atoms with E-state index in [0.29, 0.717) is 22.4 Å². The Morgan fingerprint density at radius 1 is 1.17 bits per heavy atom. The normalized spacial score (nSPS) is 21.8. The Kier molecular flexibility index (Phi) is 4.68. The molecular formula is C12H10Cl4O2. The summed E-state index contributed by atoms with van der Waals surface area (Å²) in [7, 11) is 0. The average molecular weight is 328 g/mol. The fourth-order valence-electron chi connectivity index (χ4n) is 1.54. The van der Waals surface area contributed by atoms with Gasteiger partial charge in [-0.2, -0.15) is 0 Å². The zero-order chi connectivity index (χ0) is 13.3. The lowest BCUT2D eigenvalue weighted by molar-refractivity contribution is 0.260. The van der Waals surface area contributed by atoms with Crippen LogP contribution in [0, 0.1) is 0 Å². The Morgan fingerprint density at radius 2 is 1.78 bits per heavy atom. The first kappa shape index (κ1) is 14.3. The highest BCUT2D eigenvalue weighted by molar-refractivity contribution is 6.48. The number of rotatable bonds is 5. The molecule has 1 heterocycles. The molecule has 2 nitrogen and oxygen atoms in total. The van der Waals surface area contributed by atoms with E-state index < -0.39 is 0 Å². The van der Waals surface area contributed by atoms with Gasteiger partial charge in [0.05, 0.1) is 16.1 Å². The summed E-state index contributed by atoms with van der Waals surface area (Å²) in [6.45, 7) is 4.00. The molecule has 18 heavy (non-hydrogen) atoms. The Labute approximate surface area is 125 Å². The number of hydrogen-bond donors (Lipinski definition) is 0. The molecule has 0 spiro atoms. The van der Waals surface area contributed by atoms with Crippen LogP contribution in [0.25, 0.3) is 0 Å². The van der Waals surface area contributed by atoms with Gasteiger partial charge >= 0.3 is 0 Å². The van der Waals surface area contributed by atoms with Gasteiger partial charge in [-0.1, -0.05) is 52.5 Å². The average Bonchev–Trinajstić information content (AvgIpc) is 3.06. The number of hydrogen-bond acceptors (Lipinski definition) is 2. The summed E-state index contributed by atoms with van der Waals surface area (Å²) >= 11 is 23.8. The minimum Gasteiger partial charge on any atom is -0.488 e. The molecule has 2 atom stereocenters. The highest BCUT2D eigenvalue weighted by Gasteiger charge is 2.38. The highest BCUT2D eigenvalue weighted by Crippen LogP contribution is 2.43. The van der Waals surface area contributed by atoms with Crippen molar-refractivity contribution in [1.29, 1.82) is 0 Å². The van der Waals surface area contributed by atoms with Crippen LogP contribution in [0.2, 0.25) is 20.1 Å². The van der Waals surface area contributed by atoms with E-state index in [1.807, 2.05) is 0 Å². The molecule has 0 bridgehead atoms. The summed E-state index contributed by atoms with van der Waals surface area (Å²) < 4.78 is 10.9. The quantitative estimate of drug-likeness (QED) is 0.430. The van der Waals surface area contributed by atoms with Gasteiger partial charge < -0.3 is 9.47 Å². The summed E-state index contributed by atoms with van der Waals surface area (Å²) in [6, 6.07) is 1.48. The van der Waals surface area contributed by atoms with Crippen LogP contribution in [-0.4, -0.2) is 18.8 Å². The van der Waals surface area contributed by atoms with Crippen LogP contribution >= 0.6 is 46.4 Å². The Balaban J connectivity index is 2.04. The van der Waals surface area contributed by atoms with Crippen LogP contribution in [-0.2, 0) is 4.74 Å². The van der Waals surface area contributed by atoms with Gasteiger partial charge in [-0.15, -0.1) is 6.58 Å². The van der Waals surface area contributed by atoms with Crippen molar-refractivity contribution >= 4 is 46.4 Å². The molecular weight excluding hydrogens is 318 g/mol. The van der Waals surface area contributed by atoms with Gasteiger partial charge in [0.25, 0.3) is 0 Å². The molecule has 0 aromatic heterocycles. The summed E-state index contributed by atoms with van der Waals surface area (Å²) in [5, 5.41) is 1.12. The molecule has 0 N–H and O–H groups in total. The lowest BCUT2D eigenvalue weighted by Crippen LogP contribution is -2.08. The van der Waals surface area contributed by atoms with E-state index in [0.717, 1.165) is 6.42 Å². The molecule has 0 saturated carbocycles. The molecule has 98 valence electrons. The SMILES string of the molecule is C=CCC1OC1COc1c(Cl)c(Cl)cc(Cl)c1Cl. The van der Waals surface area contributed by atoms with Gasteiger partial charge in [-0.05, 0) is 12.5 Å². The van der Waals surface area contributed by atoms with Crippen molar-refractivity contribution in [3.63, 3.8) is 0 Å². The standard InChI is InChI=1S/C12H10Cl4O2/c1-2-3-8-9(18-8)5-17-12-10(15)6(13)4-7(14)11(12)16/h2,4,8-9H,1,3,5H2. The summed E-state index contributed by atoms with van der Waals surface area (Å²) in [5.74, 6) is 0.295. The number of halogens is 4. The molecule has 2 rings (SSSR count). The van der Waals surface area contributed by atoms with Gasteiger partial charge in [-0.25, -0.2) is 0 Å². The van der Waals surface area contributed by atoms with Gasteiger partial charge in [0.1, 0.15) is 22.8 Å². The van der Waals surface area contributed by atoms with E-state index in [1.165, 1.54) is 6.07 Å². The maximum absolute atomic E-state index is 6.01. The largest absolute Gasteiger partial charge is 0.488 e. The Bertz CT molecular complexity index is 449. The van der Waals surface area contributed by atoms with Crippen molar-refractivity contribution in [3.8, 4) is 5.75 Å². The zero-order valence-corrected chi connectivity index (χ0v) is 12.3. The fraction of sp³-hybridized carbons (Fsp3) is 0.333. The second kappa shape index (κ2) is 5.89. The highest BCUT2D eigenvalue weighted by atomic mass is 35.5. The molecule has 1 aliphatic heterocycles. The molecule has 6 heteroatoms. The van der Waals surface area contributed by atoms with E-state index in [1.54, 1.807) is 6.08 Å². The van der Waals surface area contributed by atoms with Gasteiger partial charge in [0.2, 0.25) is 0 Å². The molecule has 1 aliphatic rings. The molecule has 0 amide bonds. The van der Waals surface area contributed by atoms with E-state index in [9.17, 15) is 0 Å². The topological polar surface area (TPSA) is 21.8 Å². The van der Waals surface area contributed by atoms with E-state index in [4.69, 9.17) is 55.9 Å². The first-order chi connectivity index (χ1) is 8.54. The van der Waals surface area contributed by atoms with Crippen molar-refractivity contribution in [2.24, 2.45) is 0 Å². The molecule has 1 aromatic rings. The number of epoxide rings is 1. The third-order valence-corrected chi connectivity index (χ3v) is 4.09. The van der Waals surface area contributed by atoms with Crippen LogP contribution in [0.5, 0.6) is 5.75 Å². The molecule has 2 unspecified atom stereocenters. The number of ether oxygens (including phenoxy) is 2. The Hall–Kier alpha value is -0.120. The first-order valence-electron chi connectivity index (χ1n) is 5.26. The third-order valence-electron chi connectivity index (χ3n) is 2.55. The monoisotopic (exact) mass is 326 g/mol. The van der Waals surface area contributed by atoms with Crippen molar-refractivity contribution in [2.75, 3.05) is 6.61 Å². The Morgan fingerprint density at radius 3 is 2.33 bits per heavy atom. The maximum Gasteiger partial charge on any atom is 0.159 e. The van der Waals surface area contributed by atoms with E-state index in [-0.39, 0.29) is 22.3 Å². The van der Waals surface area contributed by atoms with Gasteiger partial charge in [0.15, 0.2) is 5.75 Å². The predicted octanol–water partition coefficient (Wildman–Crippen LogP) is 5.02. The molecule has 1 fully saturated rings. The van der Waals surface area contributed by atoms with Gasteiger partial charge in [-0.3, -0.25) is 0 Å². The number of benzene rings is 1. The molecule has 1 saturated heterocycles. The van der Waals surface area contributed by atoms with Crippen LogP contribution in [0.15, 0.2) is 18.7 Å². The predicted molar refractivity (Wildman–Crippen MR) is 75.5 cm³/mol. The summed E-state index contributed by atoms with van der Waals surface area (Å²) in [6.07, 6.45) is 2.80. The van der Waals surface area contributed by atoms with Crippen LogP contribution in [0.4, 0.5) is 0 Å². The molecule has 1 aromatic carbocycles. The second-order valence-corrected chi connectivity index (χ2v) is 5.42. The molecule has 0 radical (unpaired) electrons. The van der Waals surface area contributed by atoms with E-state index >= 15 is 0 Å². The molecule has 0 aliphatic carbocycles. The minimum atomic E-state index is 0.0351. The van der Waals surface area contributed by atoms with Crippen molar-refractivity contribution < 1.29 is 9.47 Å². The lowest BCUT2D eigenvalue weighted by atomic mass is 10.2. The fourth-order valence-corrected chi connectivity index (χ4v) is 2.44. The second-order valence-electron chi connectivity index (χ2n) is 3.85. The minimum absolute atomic E-state index is 0.0351. The smallest absolute Gasteiger partial charge is 0.159 e. The lowest BCUT2D eigenvalue weighted by Gasteiger charge is -2.11. The van der Waals surface area contributed by atoms with E-state index in [2.05, 4.69) is 6.58 Å². The van der Waals surface area contributed by atoms with Crippen LogP contribution in [0.3, 0.4) is 0 Å². The van der Waals surface area contributed by atoms with Crippen molar-refractivity contribution in [3.05, 3.63) is 38.8 Å². The first-order valence-corrected chi connectivity index (χ1v) is 6.78. The van der Waals surface area contributed by atoms with Gasteiger partial charge in [0, 0.05) is 0 Å². The summed E-state index contributed by atoms with van der Waals surface area (Å²) in [5.41, 5.74) is 0. The zero-order valence-electron chi connectivity index (χ0n) is 9.26.